The summed E-state index contributed by atoms with van der Waals surface area (Å²) in [6.45, 7) is 6.94. The summed E-state index contributed by atoms with van der Waals surface area (Å²) in [7, 11) is 0. The molecule has 0 amide bonds. The Morgan fingerprint density at radius 2 is 2.00 bits per heavy atom. The molecule has 0 atom stereocenters. The highest BCUT2D eigenvalue weighted by atomic mass is 14.5. The summed E-state index contributed by atoms with van der Waals surface area (Å²) in [6, 6.07) is 0. The lowest BCUT2D eigenvalue weighted by molar-refractivity contribution is 1.12. The normalized spacial score (nSPS) is 11.4. The average Bonchev–Trinajstić information content (AvgIpc) is 1.86. The number of hydrogen-bond acceptors (Lipinski definition) is 1. The summed E-state index contributed by atoms with van der Waals surface area (Å²) in [6.07, 6.45) is 5.35. The Morgan fingerprint density at radius 1 is 1.40 bits per heavy atom. The Labute approximate surface area is 63.6 Å². The first kappa shape index (κ1) is 9.44. The highest BCUT2D eigenvalue weighted by Crippen LogP contribution is 2.00. The lowest BCUT2D eigenvalue weighted by atomic mass is 10.1. The van der Waals surface area contributed by atoms with E-state index < -0.39 is 0 Å². The second kappa shape index (κ2) is 5.24. The van der Waals surface area contributed by atoms with Crippen molar-refractivity contribution in [2.24, 2.45) is 5.73 Å². The second-order valence-electron chi connectivity index (χ2n) is 2.61. The fraction of sp³-hybridized carbons (Fsp3) is 0.556. The van der Waals surface area contributed by atoms with E-state index in [4.69, 9.17) is 5.73 Å². The minimum atomic E-state index is 0.652. The molecule has 0 radical (unpaired) electrons. The lowest BCUT2D eigenvalue weighted by Gasteiger charge is -1.96. The number of rotatable bonds is 3. The van der Waals surface area contributed by atoms with Crippen molar-refractivity contribution in [3.63, 3.8) is 0 Å². The molecule has 58 valence electrons. The zero-order valence-corrected chi connectivity index (χ0v) is 7.15. The molecule has 0 spiro atoms. The molecular weight excluding hydrogens is 122 g/mol. The standard InChI is InChI=1S/C9H17N/c1-4-5-9(7-10)6-8(2)3/h5-6H,4,7,10H2,1-3H3/b9-5+. The van der Waals surface area contributed by atoms with Gasteiger partial charge in [-0.05, 0) is 25.8 Å². The summed E-state index contributed by atoms with van der Waals surface area (Å²) in [4.78, 5) is 0. The van der Waals surface area contributed by atoms with Crippen LogP contribution in [0.15, 0.2) is 23.3 Å². The van der Waals surface area contributed by atoms with Gasteiger partial charge in [-0.3, -0.25) is 0 Å². The third-order valence-corrected chi connectivity index (χ3v) is 1.18. The molecule has 0 aromatic rings. The van der Waals surface area contributed by atoms with Crippen molar-refractivity contribution in [3.8, 4) is 0 Å². The van der Waals surface area contributed by atoms with E-state index in [1.165, 1.54) is 11.1 Å². The summed E-state index contributed by atoms with van der Waals surface area (Å²) < 4.78 is 0. The maximum atomic E-state index is 5.49. The SMILES string of the molecule is CC/C=C(\C=C(C)C)CN. The predicted molar refractivity (Wildman–Crippen MR) is 46.9 cm³/mol. The number of nitrogens with two attached hydrogens (primary N) is 1. The van der Waals surface area contributed by atoms with Crippen LogP contribution in [0.5, 0.6) is 0 Å². The van der Waals surface area contributed by atoms with Gasteiger partial charge in [-0.1, -0.05) is 24.6 Å². The van der Waals surface area contributed by atoms with Crippen molar-refractivity contribution in [3.05, 3.63) is 23.3 Å². The minimum absolute atomic E-state index is 0.652. The molecule has 0 saturated heterocycles. The van der Waals surface area contributed by atoms with E-state index in [0.717, 1.165) is 6.42 Å². The van der Waals surface area contributed by atoms with E-state index in [0.29, 0.717) is 6.54 Å². The van der Waals surface area contributed by atoms with Gasteiger partial charge < -0.3 is 5.73 Å². The molecule has 0 aliphatic carbocycles. The van der Waals surface area contributed by atoms with Crippen molar-refractivity contribution in [2.45, 2.75) is 27.2 Å². The van der Waals surface area contributed by atoms with Crippen molar-refractivity contribution >= 4 is 0 Å². The molecule has 1 nitrogen and oxygen atoms in total. The van der Waals surface area contributed by atoms with E-state index in [9.17, 15) is 0 Å². The fourth-order valence-electron chi connectivity index (χ4n) is 0.834. The van der Waals surface area contributed by atoms with Crippen LogP contribution >= 0.6 is 0 Å². The monoisotopic (exact) mass is 139 g/mol. The molecule has 0 aliphatic heterocycles. The third-order valence-electron chi connectivity index (χ3n) is 1.18. The van der Waals surface area contributed by atoms with Gasteiger partial charge >= 0.3 is 0 Å². The third kappa shape index (κ3) is 4.33. The van der Waals surface area contributed by atoms with Crippen LogP contribution in [0, 0.1) is 0 Å². The van der Waals surface area contributed by atoms with Crippen LogP contribution < -0.4 is 5.73 Å². The van der Waals surface area contributed by atoms with Gasteiger partial charge in [0.15, 0.2) is 0 Å². The smallest absolute Gasteiger partial charge is 0.0174 e. The maximum Gasteiger partial charge on any atom is 0.0174 e. The first-order valence-corrected chi connectivity index (χ1v) is 3.74. The molecule has 0 aromatic heterocycles. The molecule has 0 aromatic carbocycles. The largest absolute Gasteiger partial charge is 0.327 e. The van der Waals surface area contributed by atoms with Gasteiger partial charge in [0.25, 0.3) is 0 Å². The molecule has 0 bridgehead atoms. The van der Waals surface area contributed by atoms with E-state index in [-0.39, 0.29) is 0 Å². The quantitative estimate of drug-likeness (QED) is 0.596. The van der Waals surface area contributed by atoms with Crippen LogP contribution in [-0.2, 0) is 0 Å². The Kier molecular flexibility index (Phi) is 4.95. The molecular formula is C9H17N. The van der Waals surface area contributed by atoms with Crippen LogP contribution in [0.2, 0.25) is 0 Å². The van der Waals surface area contributed by atoms with Crippen molar-refractivity contribution in [2.75, 3.05) is 6.54 Å². The Hall–Kier alpha value is -0.560. The topological polar surface area (TPSA) is 26.0 Å². The molecule has 1 heteroatoms. The van der Waals surface area contributed by atoms with Crippen molar-refractivity contribution in [1.82, 2.24) is 0 Å². The van der Waals surface area contributed by atoms with E-state index in [2.05, 4.69) is 32.9 Å². The van der Waals surface area contributed by atoms with Crippen molar-refractivity contribution < 1.29 is 0 Å². The minimum Gasteiger partial charge on any atom is -0.327 e. The molecule has 0 rings (SSSR count). The molecule has 0 aliphatic rings. The summed E-state index contributed by atoms with van der Waals surface area (Å²) >= 11 is 0. The average molecular weight is 139 g/mol. The second-order valence-corrected chi connectivity index (χ2v) is 2.61. The molecule has 0 unspecified atom stereocenters. The first-order chi connectivity index (χ1) is 4.70. The van der Waals surface area contributed by atoms with Gasteiger partial charge in [-0.2, -0.15) is 0 Å². The zero-order chi connectivity index (χ0) is 7.98. The maximum absolute atomic E-state index is 5.49. The fourth-order valence-corrected chi connectivity index (χ4v) is 0.834. The number of hydrogen-bond donors (Lipinski definition) is 1. The molecule has 2 N–H and O–H groups in total. The van der Waals surface area contributed by atoms with E-state index in [1.807, 2.05) is 0 Å². The lowest BCUT2D eigenvalue weighted by Crippen LogP contribution is -2.00. The van der Waals surface area contributed by atoms with Gasteiger partial charge in [-0.15, -0.1) is 0 Å². The van der Waals surface area contributed by atoms with Crippen LogP contribution in [0.25, 0.3) is 0 Å². The van der Waals surface area contributed by atoms with Gasteiger partial charge in [0.2, 0.25) is 0 Å². The predicted octanol–water partition coefficient (Wildman–Crippen LogP) is 2.25. The van der Waals surface area contributed by atoms with E-state index >= 15 is 0 Å². The van der Waals surface area contributed by atoms with Crippen LogP contribution in [-0.4, -0.2) is 6.54 Å². The van der Waals surface area contributed by atoms with Gasteiger partial charge in [0.1, 0.15) is 0 Å². The zero-order valence-electron chi connectivity index (χ0n) is 7.15. The molecule has 0 fully saturated rings. The molecule has 10 heavy (non-hydrogen) atoms. The van der Waals surface area contributed by atoms with Gasteiger partial charge in [0, 0.05) is 6.54 Å². The first-order valence-electron chi connectivity index (χ1n) is 3.74. The summed E-state index contributed by atoms with van der Waals surface area (Å²) in [5.41, 5.74) is 8.04. The summed E-state index contributed by atoms with van der Waals surface area (Å²) in [5.74, 6) is 0. The van der Waals surface area contributed by atoms with Gasteiger partial charge in [0.05, 0.1) is 0 Å². The van der Waals surface area contributed by atoms with E-state index in [1.54, 1.807) is 0 Å². The molecule has 0 heterocycles. The molecule has 0 saturated carbocycles. The van der Waals surface area contributed by atoms with Crippen LogP contribution in [0.4, 0.5) is 0 Å². The van der Waals surface area contributed by atoms with Gasteiger partial charge in [-0.25, -0.2) is 0 Å². The Morgan fingerprint density at radius 3 is 2.30 bits per heavy atom. The number of allylic oxidation sites excluding steroid dienone is 2. The Balaban J connectivity index is 4.09. The highest BCUT2D eigenvalue weighted by Gasteiger charge is 1.86. The van der Waals surface area contributed by atoms with Crippen LogP contribution in [0.3, 0.4) is 0 Å². The summed E-state index contributed by atoms with van der Waals surface area (Å²) in [5, 5.41) is 0. The van der Waals surface area contributed by atoms with Crippen LogP contribution in [0.1, 0.15) is 27.2 Å². The highest BCUT2D eigenvalue weighted by molar-refractivity contribution is 5.22. The Bertz CT molecular complexity index is 139. The van der Waals surface area contributed by atoms with Crippen molar-refractivity contribution in [1.29, 1.82) is 0 Å².